The van der Waals surface area contributed by atoms with Crippen LogP contribution in [-0.4, -0.2) is 39.8 Å². The van der Waals surface area contributed by atoms with Gasteiger partial charge in [0.25, 0.3) is 0 Å². The number of hydrogen-bond donors (Lipinski definition) is 1. The zero-order chi connectivity index (χ0) is 15.8. The predicted octanol–water partition coefficient (Wildman–Crippen LogP) is 3.22. The first-order valence-electron chi connectivity index (χ1n) is 6.63. The average molecular weight is 333 g/mol. The quantitative estimate of drug-likeness (QED) is 0.802. The molecular formula is C14H18Cl2N2O3. The van der Waals surface area contributed by atoms with E-state index in [4.69, 9.17) is 27.9 Å². The van der Waals surface area contributed by atoms with Crippen LogP contribution in [0.5, 0.6) is 0 Å². The third-order valence-corrected chi connectivity index (χ3v) is 3.59. The number of likely N-dealkylation sites (tertiary alicyclic amines) is 1. The van der Waals surface area contributed by atoms with Gasteiger partial charge in [-0.1, -0.05) is 23.2 Å². The van der Waals surface area contributed by atoms with Gasteiger partial charge in [0.1, 0.15) is 21.5 Å². The van der Waals surface area contributed by atoms with Crippen LogP contribution in [-0.2, 0) is 10.3 Å². The van der Waals surface area contributed by atoms with E-state index in [2.05, 4.69) is 4.98 Å². The average Bonchev–Trinajstić information content (AvgIpc) is 2.70. The van der Waals surface area contributed by atoms with Gasteiger partial charge in [-0.05, 0) is 44.9 Å². The summed E-state index contributed by atoms with van der Waals surface area (Å²) in [4.78, 5) is 17.4. The fraction of sp³-hybridized carbons (Fsp3) is 0.571. The highest BCUT2D eigenvalue weighted by molar-refractivity contribution is 6.32. The first-order chi connectivity index (χ1) is 9.59. The highest BCUT2D eigenvalue weighted by Gasteiger charge is 2.41. The van der Waals surface area contributed by atoms with Crippen molar-refractivity contribution in [2.75, 3.05) is 13.1 Å². The molecule has 1 aliphatic heterocycles. The molecule has 1 amide bonds. The number of hydrogen-bond acceptors (Lipinski definition) is 4. The van der Waals surface area contributed by atoms with Crippen LogP contribution < -0.4 is 0 Å². The molecule has 1 saturated heterocycles. The lowest BCUT2D eigenvalue weighted by molar-refractivity contribution is 0.0140. The molecule has 1 atom stereocenters. The van der Waals surface area contributed by atoms with E-state index in [0.29, 0.717) is 18.5 Å². The van der Waals surface area contributed by atoms with E-state index >= 15 is 0 Å². The highest BCUT2D eigenvalue weighted by atomic mass is 35.5. The van der Waals surface area contributed by atoms with Gasteiger partial charge in [0.05, 0.1) is 6.54 Å². The molecule has 1 N–H and O–H groups in total. The summed E-state index contributed by atoms with van der Waals surface area (Å²) in [6, 6.07) is 3.12. The van der Waals surface area contributed by atoms with Crippen LogP contribution in [0.25, 0.3) is 0 Å². The zero-order valence-corrected chi connectivity index (χ0v) is 13.7. The molecule has 7 heteroatoms. The third-order valence-electron chi connectivity index (χ3n) is 3.20. The lowest BCUT2D eigenvalue weighted by atomic mass is 9.94. The number of aromatic nitrogens is 1. The molecule has 5 nitrogen and oxygen atoms in total. The van der Waals surface area contributed by atoms with Gasteiger partial charge in [0.15, 0.2) is 0 Å². The van der Waals surface area contributed by atoms with E-state index in [1.54, 1.807) is 32.9 Å². The molecule has 2 rings (SSSR count). The van der Waals surface area contributed by atoms with Crippen molar-refractivity contribution in [1.82, 2.24) is 9.88 Å². The van der Waals surface area contributed by atoms with Crippen molar-refractivity contribution >= 4 is 29.3 Å². The maximum atomic E-state index is 12.0. The molecule has 0 saturated carbocycles. The predicted molar refractivity (Wildman–Crippen MR) is 80.6 cm³/mol. The number of carbonyl (C=O) groups excluding carboxylic acids is 1. The van der Waals surface area contributed by atoms with Crippen LogP contribution in [0.4, 0.5) is 4.79 Å². The van der Waals surface area contributed by atoms with Gasteiger partial charge in [-0.25, -0.2) is 9.78 Å². The first-order valence-corrected chi connectivity index (χ1v) is 7.38. The van der Waals surface area contributed by atoms with Crippen LogP contribution in [0.1, 0.15) is 32.8 Å². The Labute approximate surface area is 133 Å². The molecule has 116 valence electrons. The van der Waals surface area contributed by atoms with Gasteiger partial charge < -0.3 is 14.7 Å². The Kier molecular flexibility index (Phi) is 4.38. The lowest BCUT2D eigenvalue weighted by Gasteiger charge is -2.26. The zero-order valence-electron chi connectivity index (χ0n) is 12.2. The maximum absolute atomic E-state index is 12.0. The van der Waals surface area contributed by atoms with Gasteiger partial charge in [-0.3, -0.25) is 0 Å². The molecule has 1 aromatic heterocycles. The number of ether oxygens (including phenoxy) is 1. The number of halogens is 2. The van der Waals surface area contributed by atoms with E-state index in [1.807, 2.05) is 0 Å². The van der Waals surface area contributed by atoms with Crippen molar-refractivity contribution in [3.63, 3.8) is 0 Å². The molecule has 1 aliphatic rings. The minimum absolute atomic E-state index is 0.137. The molecular weight excluding hydrogens is 315 g/mol. The molecule has 2 heterocycles. The van der Waals surface area contributed by atoms with Gasteiger partial charge in [-0.15, -0.1) is 0 Å². The first kappa shape index (κ1) is 16.3. The Morgan fingerprint density at radius 3 is 2.48 bits per heavy atom. The van der Waals surface area contributed by atoms with Gasteiger partial charge >= 0.3 is 6.09 Å². The number of β-amino-alcohol motifs (C(OH)–C–C–N with tert-alkyl or cyclic N) is 1. The fourth-order valence-electron chi connectivity index (χ4n) is 2.25. The normalized spacial score (nSPS) is 22.5. The van der Waals surface area contributed by atoms with Crippen molar-refractivity contribution in [2.24, 2.45) is 0 Å². The van der Waals surface area contributed by atoms with Crippen molar-refractivity contribution in [1.29, 1.82) is 0 Å². The van der Waals surface area contributed by atoms with E-state index in [0.717, 1.165) is 0 Å². The van der Waals surface area contributed by atoms with Crippen molar-refractivity contribution in [3.8, 4) is 0 Å². The number of aliphatic hydroxyl groups is 1. The smallest absolute Gasteiger partial charge is 0.410 e. The van der Waals surface area contributed by atoms with Crippen molar-refractivity contribution in [3.05, 3.63) is 28.0 Å². The van der Waals surface area contributed by atoms with E-state index < -0.39 is 17.3 Å². The summed E-state index contributed by atoms with van der Waals surface area (Å²) in [5.74, 6) is 0. The summed E-state index contributed by atoms with van der Waals surface area (Å²) < 4.78 is 5.31. The monoisotopic (exact) mass is 332 g/mol. The van der Waals surface area contributed by atoms with Crippen LogP contribution >= 0.6 is 23.2 Å². The lowest BCUT2D eigenvalue weighted by Crippen LogP contribution is -2.38. The number of pyridine rings is 1. The Balaban J connectivity index is 2.15. The summed E-state index contributed by atoms with van der Waals surface area (Å²) in [6.45, 7) is 5.95. The Morgan fingerprint density at radius 1 is 1.38 bits per heavy atom. The second-order valence-electron chi connectivity index (χ2n) is 6.18. The number of rotatable bonds is 1. The largest absolute Gasteiger partial charge is 0.444 e. The fourth-order valence-corrected chi connectivity index (χ4v) is 2.71. The number of carbonyl (C=O) groups is 1. The van der Waals surface area contributed by atoms with Crippen molar-refractivity contribution < 1.29 is 14.6 Å². The SMILES string of the molecule is CC(C)(C)OC(=O)N1CCC(O)(c2cc(Cl)nc(Cl)c2)C1. The summed E-state index contributed by atoms with van der Waals surface area (Å²) in [5, 5.41) is 11.2. The van der Waals surface area contributed by atoms with E-state index in [1.165, 1.54) is 4.90 Å². The summed E-state index contributed by atoms with van der Waals surface area (Å²) in [6.07, 6.45) is -0.0483. The van der Waals surface area contributed by atoms with Gasteiger partial charge in [-0.2, -0.15) is 0 Å². The number of amides is 1. The minimum Gasteiger partial charge on any atom is -0.444 e. The maximum Gasteiger partial charge on any atom is 0.410 e. The molecule has 0 radical (unpaired) electrons. The summed E-state index contributed by atoms with van der Waals surface area (Å²) in [7, 11) is 0. The standard InChI is InChI=1S/C14H18Cl2N2O3/c1-13(2,3)21-12(19)18-5-4-14(20,8-18)9-6-10(15)17-11(16)7-9/h6-7,20H,4-5,8H2,1-3H3. The molecule has 1 fully saturated rings. The molecule has 21 heavy (non-hydrogen) atoms. The van der Waals surface area contributed by atoms with Crippen LogP contribution in [0.3, 0.4) is 0 Å². The topological polar surface area (TPSA) is 62.7 Å². The molecule has 0 spiro atoms. The minimum atomic E-state index is -1.19. The van der Waals surface area contributed by atoms with Crippen LogP contribution in [0.2, 0.25) is 10.3 Å². The van der Waals surface area contributed by atoms with Crippen molar-refractivity contribution in [2.45, 2.75) is 38.4 Å². The summed E-state index contributed by atoms with van der Waals surface area (Å²) in [5.41, 5.74) is -1.20. The second-order valence-corrected chi connectivity index (χ2v) is 6.96. The van der Waals surface area contributed by atoms with Crippen LogP contribution in [0, 0.1) is 0 Å². The van der Waals surface area contributed by atoms with Gasteiger partial charge in [0, 0.05) is 6.54 Å². The molecule has 0 aromatic carbocycles. The van der Waals surface area contributed by atoms with E-state index in [9.17, 15) is 9.90 Å². The molecule has 0 bridgehead atoms. The third kappa shape index (κ3) is 3.99. The molecule has 0 aliphatic carbocycles. The second kappa shape index (κ2) is 5.63. The highest BCUT2D eigenvalue weighted by Crippen LogP contribution is 2.34. The Morgan fingerprint density at radius 2 is 1.95 bits per heavy atom. The Hall–Kier alpha value is -1.04. The Bertz CT molecular complexity index is 539. The molecule has 1 aromatic rings. The van der Waals surface area contributed by atoms with E-state index in [-0.39, 0.29) is 16.9 Å². The number of nitrogens with zero attached hydrogens (tertiary/aromatic N) is 2. The molecule has 1 unspecified atom stereocenters. The van der Waals surface area contributed by atoms with Gasteiger partial charge in [0.2, 0.25) is 0 Å². The summed E-state index contributed by atoms with van der Waals surface area (Å²) >= 11 is 11.7. The van der Waals surface area contributed by atoms with Crippen LogP contribution in [0.15, 0.2) is 12.1 Å².